The van der Waals surface area contributed by atoms with E-state index in [-0.39, 0.29) is 11.8 Å². The van der Waals surface area contributed by atoms with Gasteiger partial charge in [0.25, 0.3) is 0 Å². The van der Waals surface area contributed by atoms with E-state index in [9.17, 15) is 9.59 Å². The number of aliphatic imine (C=N–C) groups is 2. The molecule has 0 aromatic carbocycles. The lowest BCUT2D eigenvalue weighted by Gasteiger charge is -2.18. The van der Waals surface area contributed by atoms with Crippen molar-refractivity contribution < 1.29 is 9.59 Å². The highest BCUT2D eigenvalue weighted by Gasteiger charge is 2.45. The Morgan fingerprint density at radius 1 is 0.806 bits per heavy atom. The van der Waals surface area contributed by atoms with E-state index in [1.54, 1.807) is 23.9 Å². The standard InChI is InChI=1S/C22H34N8O2S4/c1-13(2)11-29-15(31)21(5,6)33-19(29)27-25-17(23-9)35-36-18(24-10)26-28-20-30(12-14(3)4)16(32)22(7,8)34-20/h1,3,11-12H2,2,4-10H3,(H,23,25)(H,24,26). The molecule has 2 heterocycles. The molecule has 2 aliphatic rings. The first-order valence-electron chi connectivity index (χ1n) is 11.0. The van der Waals surface area contributed by atoms with E-state index in [2.05, 4.69) is 44.2 Å². The van der Waals surface area contributed by atoms with Crippen LogP contribution in [0.15, 0.2) is 44.5 Å². The molecule has 2 rings (SSSR count). The summed E-state index contributed by atoms with van der Waals surface area (Å²) in [6, 6.07) is 0. The van der Waals surface area contributed by atoms with E-state index in [0.717, 1.165) is 11.1 Å². The summed E-state index contributed by atoms with van der Waals surface area (Å²) in [6.07, 6.45) is 0. The van der Waals surface area contributed by atoms with Gasteiger partial charge >= 0.3 is 0 Å². The zero-order valence-electron chi connectivity index (χ0n) is 22.0. The van der Waals surface area contributed by atoms with Crippen LogP contribution in [-0.2, 0) is 9.59 Å². The van der Waals surface area contributed by atoms with Crippen LogP contribution in [0.2, 0.25) is 0 Å². The van der Waals surface area contributed by atoms with E-state index in [1.807, 2.05) is 41.5 Å². The lowest BCUT2D eigenvalue weighted by molar-refractivity contribution is -0.128. The van der Waals surface area contributed by atoms with Crippen molar-refractivity contribution >= 4 is 77.6 Å². The lowest BCUT2D eigenvalue weighted by Crippen LogP contribution is -2.37. The van der Waals surface area contributed by atoms with Crippen LogP contribution in [0.5, 0.6) is 0 Å². The van der Waals surface area contributed by atoms with Crippen molar-refractivity contribution in [3.63, 3.8) is 0 Å². The topological polar surface area (TPSA) is 114 Å². The summed E-state index contributed by atoms with van der Waals surface area (Å²) >= 11 is 2.78. The monoisotopic (exact) mass is 570 g/mol. The van der Waals surface area contributed by atoms with Gasteiger partial charge in [-0.25, -0.2) is 0 Å². The molecule has 2 fully saturated rings. The molecule has 0 aromatic heterocycles. The molecule has 14 heteroatoms. The van der Waals surface area contributed by atoms with E-state index >= 15 is 0 Å². The first-order chi connectivity index (χ1) is 16.7. The molecule has 10 nitrogen and oxygen atoms in total. The first kappa shape index (κ1) is 30.3. The highest BCUT2D eigenvalue weighted by molar-refractivity contribution is 8.87. The van der Waals surface area contributed by atoms with Gasteiger partial charge in [-0.2, -0.15) is 0 Å². The Bertz CT molecular complexity index is 967. The van der Waals surface area contributed by atoms with Gasteiger partial charge in [-0.3, -0.25) is 40.2 Å². The van der Waals surface area contributed by atoms with Crippen LogP contribution in [0, 0.1) is 0 Å². The Morgan fingerprint density at radius 3 is 1.42 bits per heavy atom. The number of amidine groups is 4. The quantitative estimate of drug-likeness (QED) is 0.162. The fraction of sp³-hybridized carbons (Fsp3) is 0.545. The second kappa shape index (κ2) is 12.6. The summed E-state index contributed by atoms with van der Waals surface area (Å²) in [5.41, 5.74) is 7.63. The molecule has 0 atom stereocenters. The minimum absolute atomic E-state index is 0.0103. The molecule has 2 aliphatic heterocycles. The van der Waals surface area contributed by atoms with Crippen molar-refractivity contribution in [3.8, 4) is 0 Å². The average Bonchev–Trinajstić information content (AvgIpc) is 3.13. The number of amides is 2. The predicted molar refractivity (Wildman–Crippen MR) is 159 cm³/mol. The zero-order chi connectivity index (χ0) is 27.3. The average molecular weight is 571 g/mol. The van der Waals surface area contributed by atoms with Gasteiger partial charge in [-0.15, -0.1) is 10.2 Å². The molecule has 2 amide bonds. The van der Waals surface area contributed by atoms with Gasteiger partial charge in [0, 0.05) is 27.2 Å². The number of hydrogen-bond acceptors (Lipinski definition) is 10. The minimum Gasteiger partial charge on any atom is -0.285 e. The lowest BCUT2D eigenvalue weighted by atomic mass is 10.1. The molecule has 36 heavy (non-hydrogen) atoms. The highest BCUT2D eigenvalue weighted by Crippen LogP contribution is 2.38. The summed E-state index contributed by atoms with van der Waals surface area (Å²) < 4.78 is -1.20. The van der Waals surface area contributed by atoms with Crippen LogP contribution in [0.25, 0.3) is 0 Å². The Morgan fingerprint density at radius 2 is 1.14 bits per heavy atom. The van der Waals surface area contributed by atoms with Crippen molar-refractivity contribution in [2.75, 3.05) is 27.2 Å². The maximum absolute atomic E-state index is 12.7. The Hall–Kier alpha value is -1.90. The summed E-state index contributed by atoms with van der Waals surface area (Å²) in [4.78, 5) is 37.1. The SMILES string of the molecule is C=C(C)CN1C(=O)C(C)(C)SC1=NNC(=NC)SSC(=NC)NN=C1SC(C)(C)C(=O)N1CC(=C)C. The van der Waals surface area contributed by atoms with Crippen molar-refractivity contribution in [2.24, 2.45) is 20.2 Å². The third-order valence-corrected chi connectivity index (χ3v) is 9.13. The number of nitrogens with zero attached hydrogens (tertiary/aromatic N) is 6. The Balaban J connectivity index is 2.04. The number of rotatable bonds is 6. The molecule has 0 unspecified atom stereocenters. The first-order valence-corrected chi connectivity index (χ1v) is 14.8. The number of carbonyl (C=O) groups is 2. The van der Waals surface area contributed by atoms with Crippen molar-refractivity contribution in [2.45, 2.75) is 51.0 Å². The van der Waals surface area contributed by atoms with Crippen LogP contribution < -0.4 is 10.9 Å². The third kappa shape index (κ3) is 7.80. The molecule has 198 valence electrons. The van der Waals surface area contributed by atoms with Gasteiger partial charge in [-0.05, 0) is 63.1 Å². The van der Waals surface area contributed by atoms with E-state index < -0.39 is 9.49 Å². The third-order valence-electron chi connectivity index (χ3n) is 4.63. The van der Waals surface area contributed by atoms with Gasteiger partial charge in [0.2, 0.25) is 11.8 Å². The van der Waals surface area contributed by atoms with Crippen molar-refractivity contribution in [1.82, 2.24) is 20.7 Å². The van der Waals surface area contributed by atoms with Crippen molar-refractivity contribution in [3.05, 3.63) is 24.3 Å². The summed E-state index contributed by atoms with van der Waals surface area (Å²) in [5, 5.41) is 11.0. The fourth-order valence-electron chi connectivity index (χ4n) is 2.94. The summed E-state index contributed by atoms with van der Waals surface area (Å²) in [6.45, 7) is 19.9. The number of nitrogens with one attached hydrogen (secondary N) is 2. The molecular weight excluding hydrogens is 537 g/mol. The molecule has 0 radical (unpaired) electrons. The molecule has 2 saturated heterocycles. The maximum Gasteiger partial charge on any atom is 0.245 e. The van der Waals surface area contributed by atoms with E-state index in [1.165, 1.54) is 45.1 Å². The van der Waals surface area contributed by atoms with Crippen LogP contribution in [0.4, 0.5) is 0 Å². The van der Waals surface area contributed by atoms with Crippen LogP contribution in [0.1, 0.15) is 41.5 Å². The van der Waals surface area contributed by atoms with Crippen LogP contribution in [-0.4, -0.2) is 79.0 Å². The zero-order valence-corrected chi connectivity index (χ0v) is 25.2. The highest BCUT2D eigenvalue weighted by atomic mass is 33.1. The molecule has 0 spiro atoms. The second-order valence-corrected chi connectivity index (χ2v) is 14.4. The summed E-state index contributed by atoms with van der Waals surface area (Å²) in [7, 11) is 5.90. The number of thioether (sulfide) groups is 2. The largest absolute Gasteiger partial charge is 0.285 e. The Kier molecular flexibility index (Phi) is 10.6. The number of carbonyl (C=O) groups excluding carboxylic acids is 2. The van der Waals surface area contributed by atoms with Gasteiger partial charge in [0.1, 0.15) is 0 Å². The maximum atomic E-state index is 12.7. The van der Waals surface area contributed by atoms with E-state index in [0.29, 0.717) is 33.8 Å². The normalized spacial score (nSPS) is 22.1. The van der Waals surface area contributed by atoms with Gasteiger partial charge in [-0.1, -0.05) is 47.8 Å². The number of hydrogen-bond donors (Lipinski definition) is 2. The molecule has 0 saturated carbocycles. The Labute approximate surface area is 229 Å². The van der Waals surface area contributed by atoms with Crippen LogP contribution in [0.3, 0.4) is 0 Å². The molecule has 0 aromatic rings. The predicted octanol–water partition coefficient (Wildman–Crippen LogP) is 3.92. The molecular formula is C22H34N8O2S4. The molecule has 2 N–H and O–H groups in total. The molecule has 0 bridgehead atoms. The van der Waals surface area contributed by atoms with Gasteiger partial charge < -0.3 is 0 Å². The minimum atomic E-state index is -0.598. The number of hydrazone groups is 2. The van der Waals surface area contributed by atoms with Crippen LogP contribution >= 0.6 is 45.1 Å². The van der Waals surface area contributed by atoms with Gasteiger partial charge in [0.15, 0.2) is 20.7 Å². The second-order valence-electron chi connectivity index (χ2n) is 9.16. The van der Waals surface area contributed by atoms with Gasteiger partial charge in [0.05, 0.1) is 9.49 Å². The molecule has 0 aliphatic carbocycles. The van der Waals surface area contributed by atoms with Crippen molar-refractivity contribution in [1.29, 1.82) is 0 Å². The smallest absolute Gasteiger partial charge is 0.245 e. The fourth-order valence-corrected chi connectivity index (χ4v) is 6.57. The van der Waals surface area contributed by atoms with E-state index in [4.69, 9.17) is 0 Å². The summed E-state index contributed by atoms with van der Waals surface area (Å²) in [5.74, 6) is -0.0205.